The molecule has 1 amide bonds. The maximum atomic E-state index is 11.3. The second-order valence-corrected chi connectivity index (χ2v) is 4.55. The Balaban J connectivity index is 2.46. The molecule has 0 aromatic carbocycles. The standard InChI is InChI=1S/C10H15NO5/c1-10(2,3)16-9(14)11-7-4-6(5-12)15-8(7)13/h5-7H,4H2,1-3H3,(H,11,14). The molecule has 0 aromatic rings. The topological polar surface area (TPSA) is 81.7 Å². The lowest BCUT2D eigenvalue weighted by Gasteiger charge is -2.20. The van der Waals surface area contributed by atoms with E-state index in [1.807, 2.05) is 0 Å². The minimum Gasteiger partial charge on any atom is -0.453 e. The number of carbonyl (C=O) groups excluding carboxylic acids is 3. The van der Waals surface area contributed by atoms with Gasteiger partial charge in [0.1, 0.15) is 11.6 Å². The number of amides is 1. The van der Waals surface area contributed by atoms with Crippen molar-refractivity contribution >= 4 is 18.3 Å². The summed E-state index contributed by atoms with van der Waals surface area (Å²) in [6.07, 6.45) is -0.774. The van der Waals surface area contributed by atoms with Crippen molar-refractivity contribution in [2.75, 3.05) is 0 Å². The molecule has 0 spiro atoms. The van der Waals surface area contributed by atoms with E-state index >= 15 is 0 Å². The molecule has 0 bridgehead atoms. The van der Waals surface area contributed by atoms with Crippen molar-refractivity contribution in [2.45, 2.75) is 44.9 Å². The second kappa shape index (κ2) is 4.51. The maximum Gasteiger partial charge on any atom is 0.408 e. The zero-order valence-corrected chi connectivity index (χ0v) is 9.48. The van der Waals surface area contributed by atoms with Gasteiger partial charge in [0.15, 0.2) is 12.4 Å². The molecule has 1 saturated heterocycles. The molecule has 90 valence electrons. The third kappa shape index (κ3) is 3.52. The van der Waals surface area contributed by atoms with Crippen LogP contribution in [-0.4, -0.2) is 36.1 Å². The van der Waals surface area contributed by atoms with E-state index in [2.05, 4.69) is 10.1 Å². The quantitative estimate of drug-likeness (QED) is 0.547. The van der Waals surface area contributed by atoms with Crippen molar-refractivity contribution in [1.29, 1.82) is 0 Å². The monoisotopic (exact) mass is 229 g/mol. The molecule has 1 fully saturated rings. The average Bonchev–Trinajstić information content (AvgIpc) is 2.44. The largest absolute Gasteiger partial charge is 0.453 e. The van der Waals surface area contributed by atoms with Crippen molar-refractivity contribution in [3.63, 3.8) is 0 Å². The summed E-state index contributed by atoms with van der Waals surface area (Å²) in [5.41, 5.74) is -0.628. The van der Waals surface area contributed by atoms with Crippen molar-refractivity contribution in [3.05, 3.63) is 0 Å². The van der Waals surface area contributed by atoms with Crippen LogP contribution in [0.15, 0.2) is 0 Å². The van der Waals surface area contributed by atoms with E-state index in [9.17, 15) is 14.4 Å². The summed E-state index contributed by atoms with van der Waals surface area (Å²) in [5.74, 6) is -0.608. The zero-order valence-electron chi connectivity index (χ0n) is 9.48. The number of nitrogens with one attached hydrogen (secondary N) is 1. The Morgan fingerprint density at radius 1 is 1.56 bits per heavy atom. The van der Waals surface area contributed by atoms with Gasteiger partial charge in [-0.3, -0.25) is 4.79 Å². The molecule has 6 nitrogen and oxygen atoms in total. The van der Waals surface area contributed by atoms with Crippen LogP contribution in [0.1, 0.15) is 27.2 Å². The highest BCUT2D eigenvalue weighted by Gasteiger charge is 2.36. The normalized spacial score (nSPS) is 24.8. The van der Waals surface area contributed by atoms with Gasteiger partial charge in [0.2, 0.25) is 0 Å². The van der Waals surface area contributed by atoms with Gasteiger partial charge >= 0.3 is 12.1 Å². The lowest BCUT2D eigenvalue weighted by molar-refractivity contribution is -0.145. The van der Waals surface area contributed by atoms with Gasteiger partial charge in [-0.15, -0.1) is 0 Å². The molecule has 16 heavy (non-hydrogen) atoms. The Hall–Kier alpha value is -1.59. The first-order chi connectivity index (χ1) is 7.31. The smallest absolute Gasteiger partial charge is 0.408 e. The van der Waals surface area contributed by atoms with Crippen molar-refractivity contribution in [2.24, 2.45) is 0 Å². The molecule has 2 atom stereocenters. The first-order valence-corrected chi connectivity index (χ1v) is 4.97. The predicted octanol–water partition coefficient (Wildman–Crippen LogP) is 0.394. The van der Waals surface area contributed by atoms with Crippen LogP contribution in [0.2, 0.25) is 0 Å². The van der Waals surface area contributed by atoms with Crippen molar-refractivity contribution in [1.82, 2.24) is 5.32 Å². The van der Waals surface area contributed by atoms with Crippen LogP contribution in [0.25, 0.3) is 0 Å². The number of rotatable bonds is 2. The summed E-state index contributed by atoms with van der Waals surface area (Å²) in [6.45, 7) is 5.15. The molecular weight excluding hydrogens is 214 g/mol. The molecule has 1 aliphatic rings. The number of alkyl carbamates (subject to hydrolysis) is 1. The van der Waals surface area contributed by atoms with Gasteiger partial charge in [0.25, 0.3) is 0 Å². The Kier molecular flexibility index (Phi) is 3.51. The summed E-state index contributed by atoms with van der Waals surface area (Å²) < 4.78 is 9.65. The lowest BCUT2D eigenvalue weighted by Crippen LogP contribution is -2.41. The summed E-state index contributed by atoms with van der Waals surface area (Å²) in [7, 11) is 0. The van der Waals surface area contributed by atoms with Gasteiger partial charge < -0.3 is 14.8 Å². The molecule has 0 aliphatic carbocycles. The van der Waals surface area contributed by atoms with Crippen LogP contribution in [-0.2, 0) is 19.1 Å². The number of hydrogen-bond acceptors (Lipinski definition) is 5. The Morgan fingerprint density at radius 3 is 2.62 bits per heavy atom. The summed E-state index contributed by atoms with van der Waals surface area (Å²) in [5, 5.41) is 2.35. The Labute approximate surface area is 93.3 Å². The average molecular weight is 229 g/mol. The predicted molar refractivity (Wildman–Crippen MR) is 53.7 cm³/mol. The number of aldehydes is 1. The van der Waals surface area contributed by atoms with Crippen LogP contribution in [0.4, 0.5) is 4.79 Å². The molecule has 1 aliphatic heterocycles. The zero-order chi connectivity index (χ0) is 12.3. The highest BCUT2D eigenvalue weighted by molar-refractivity contribution is 5.85. The van der Waals surface area contributed by atoms with Crippen LogP contribution in [0.3, 0.4) is 0 Å². The number of ether oxygens (including phenoxy) is 2. The molecular formula is C10H15NO5. The van der Waals surface area contributed by atoms with Crippen molar-refractivity contribution < 1.29 is 23.9 Å². The number of esters is 1. The first-order valence-electron chi connectivity index (χ1n) is 4.97. The van der Waals surface area contributed by atoms with Gasteiger partial charge in [-0.1, -0.05) is 0 Å². The van der Waals surface area contributed by atoms with Gasteiger partial charge in [-0.25, -0.2) is 9.59 Å². The van der Waals surface area contributed by atoms with E-state index in [-0.39, 0.29) is 6.42 Å². The maximum absolute atomic E-state index is 11.3. The number of hydrogen-bond donors (Lipinski definition) is 1. The van der Waals surface area contributed by atoms with E-state index in [1.165, 1.54) is 0 Å². The van der Waals surface area contributed by atoms with Gasteiger partial charge in [-0.2, -0.15) is 0 Å². The molecule has 6 heteroatoms. The number of cyclic esters (lactones) is 1. The van der Waals surface area contributed by atoms with E-state index in [0.29, 0.717) is 6.29 Å². The van der Waals surface area contributed by atoms with Crippen LogP contribution in [0.5, 0.6) is 0 Å². The fraction of sp³-hybridized carbons (Fsp3) is 0.700. The summed E-state index contributed by atoms with van der Waals surface area (Å²) in [4.78, 5) is 32.9. The van der Waals surface area contributed by atoms with E-state index < -0.39 is 29.8 Å². The van der Waals surface area contributed by atoms with Gasteiger partial charge in [0, 0.05) is 6.42 Å². The van der Waals surface area contributed by atoms with Crippen LogP contribution in [0, 0.1) is 0 Å². The third-order valence-corrected chi connectivity index (χ3v) is 1.86. The van der Waals surface area contributed by atoms with Crippen molar-refractivity contribution in [3.8, 4) is 0 Å². The molecule has 0 aromatic heterocycles. The fourth-order valence-corrected chi connectivity index (χ4v) is 1.26. The minimum atomic E-state index is -0.801. The molecule has 1 N–H and O–H groups in total. The van der Waals surface area contributed by atoms with E-state index in [0.717, 1.165) is 0 Å². The molecule has 1 heterocycles. The van der Waals surface area contributed by atoms with Gasteiger partial charge in [0.05, 0.1) is 0 Å². The molecule has 1 rings (SSSR count). The third-order valence-electron chi connectivity index (χ3n) is 1.86. The fourth-order valence-electron chi connectivity index (χ4n) is 1.26. The van der Waals surface area contributed by atoms with Crippen LogP contribution < -0.4 is 5.32 Å². The second-order valence-electron chi connectivity index (χ2n) is 4.55. The summed E-state index contributed by atoms with van der Waals surface area (Å²) >= 11 is 0. The minimum absolute atomic E-state index is 0.154. The molecule has 0 radical (unpaired) electrons. The van der Waals surface area contributed by atoms with E-state index in [4.69, 9.17) is 4.74 Å². The first kappa shape index (κ1) is 12.5. The Morgan fingerprint density at radius 2 is 2.19 bits per heavy atom. The Bertz CT molecular complexity index is 307. The van der Waals surface area contributed by atoms with Crippen LogP contribution >= 0.6 is 0 Å². The highest BCUT2D eigenvalue weighted by Crippen LogP contribution is 2.14. The van der Waals surface area contributed by atoms with Gasteiger partial charge in [-0.05, 0) is 20.8 Å². The number of carbonyl (C=O) groups is 3. The SMILES string of the molecule is CC(C)(C)OC(=O)NC1CC(C=O)OC1=O. The lowest BCUT2D eigenvalue weighted by atomic mass is 10.2. The molecule has 2 unspecified atom stereocenters. The highest BCUT2D eigenvalue weighted by atomic mass is 16.6. The summed E-state index contributed by atoms with van der Waals surface area (Å²) in [6, 6.07) is -0.801. The van der Waals surface area contributed by atoms with E-state index in [1.54, 1.807) is 20.8 Å². The molecule has 0 saturated carbocycles.